The second-order valence-electron chi connectivity index (χ2n) is 10.6. The van der Waals surface area contributed by atoms with Crippen LogP contribution in [0.15, 0.2) is 58.3 Å². The van der Waals surface area contributed by atoms with Crippen LogP contribution in [0.1, 0.15) is 61.8 Å². The van der Waals surface area contributed by atoms with Crippen molar-refractivity contribution in [3.63, 3.8) is 0 Å². The SMILES string of the molecule is CCOc1ccc(F)cc1-n1c(C=C(C)C)c(C(=O)N2CCCCC2)cc(-c2nc(-c3ccc(C(F)(F)F)nc3)cs2)c1=O. The van der Waals surface area contributed by atoms with E-state index in [4.69, 9.17) is 4.74 Å². The molecule has 1 aliphatic rings. The Labute approximate surface area is 255 Å². The molecule has 0 spiro atoms. The van der Waals surface area contributed by atoms with Crippen LogP contribution in [-0.2, 0) is 6.18 Å². The van der Waals surface area contributed by atoms with Crippen molar-refractivity contribution >= 4 is 23.3 Å². The Morgan fingerprint density at radius 1 is 1.09 bits per heavy atom. The van der Waals surface area contributed by atoms with Gasteiger partial charge in [0.15, 0.2) is 0 Å². The van der Waals surface area contributed by atoms with Gasteiger partial charge in [0, 0.05) is 36.3 Å². The molecule has 1 aromatic carbocycles. The number of benzene rings is 1. The number of carbonyl (C=O) groups is 1. The molecule has 1 aliphatic heterocycles. The number of piperidine rings is 1. The van der Waals surface area contributed by atoms with E-state index >= 15 is 0 Å². The molecule has 3 aromatic heterocycles. The molecule has 0 saturated carbocycles. The van der Waals surface area contributed by atoms with Gasteiger partial charge in [-0.2, -0.15) is 13.2 Å². The molecule has 1 saturated heterocycles. The fourth-order valence-corrected chi connectivity index (χ4v) is 5.90. The summed E-state index contributed by atoms with van der Waals surface area (Å²) >= 11 is 1.10. The summed E-state index contributed by atoms with van der Waals surface area (Å²) in [5.74, 6) is -0.618. The number of allylic oxidation sites excluding steroid dienone is 1. The molecule has 0 N–H and O–H groups in total. The third-order valence-electron chi connectivity index (χ3n) is 7.08. The van der Waals surface area contributed by atoms with Crippen molar-refractivity contribution in [2.75, 3.05) is 19.7 Å². The summed E-state index contributed by atoms with van der Waals surface area (Å²) in [6.45, 7) is 6.81. The number of aromatic nitrogens is 3. The van der Waals surface area contributed by atoms with Crippen LogP contribution in [0.4, 0.5) is 17.6 Å². The maximum atomic E-state index is 14.7. The lowest BCUT2D eigenvalue weighted by atomic mass is 10.0. The lowest BCUT2D eigenvalue weighted by Gasteiger charge is -2.28. The van der Waals surface area contributed by atoms with Gasteiger partial charge in [-0.1, -0.05) is 5.57 Å². The Balaban J connectivity index is 1.75. The number of nitrogens with zero attached hydrogens (tertiary/aromatic N) is 4. The average molecular weight is 627 g/mol. The van der Waals surface area contributed by atoms with E-state index in [9.17, 15) is 27.2 Å². The number of ether oxygens (including phenoxy) is 1. The molecule has 4 aromatic rings. The summed E-state index contributed by atoms with van der Waals surface area (Å²) in [5, 5.41) is 1.84. The standard InChI is InChI=1S/C32H30F4N4O3S/c1-4-43-27-10-9-21(33)15-26(27)40-25(14-19(2)3)22(30(41)39-12-6-5-7-13-39)16-23(31(40)42)29-38-24(18-44-29)20-8-11-28(37-17-20)32(34,35)36/h8-11,14-18H,4-7,12-13H2,1-3H3. The van der Waals surface area contributed by atoms with E-state index in [1.807, 2.05) is 13.8 Å². The van der Waals surface area contributed by atoms with E-state index in [1.54, 1.807) is 23.3 Å². The zero-order chi connectivity index (χ0) is 31.6. The van der Waals surface area contributed by atoms with E-state index in [0.29, 0.717) is 24.3 Å². The summed E-state index contributed by atoms with van der Waals surface area (Å²) < 4.78 is 60.9. The van der Waals surface area contributed by atoms with Gasteiger partial charge >= 0.3 is 6.18 Å². The third-order valence-corrected chi connectivity index (χ3v) is 7.96. The van der Waals surface area contributed by atoms with Gasteiger partial charge in [0.1, 0.15) is 22.3 Å². The third kappa shape index (κ3) is 6.45. The van der Waals surface area contributed by atoms with Crippen LogP contribution in [0, 0.1) is 5.82 Å². The first-order valence-corrected chi connectivity index (χ1v) is 15.0. The van der Waals surface area contributed by atoms with E-state index in [-0.39, 0.29) is 45.8 Å². The van der Waals surface area contributed by atoms with Crippen molar-refractivity contribution in [1.82, 2.24) is 19.4 Å². The first kappa shape index (κ1) is 31.1. The fourth-order valence-electron chi connectivity index (χ4n) is 5.06. The Hall–Kier alpha value is -4.32. The summed E-state index contributed by atoms with van der Waals surface area (Å²) in [5.41, 5.74) is 0.583. The number of amides is 1. The Bertz CT molecular complexity index is 1770. The number of alkyl halides is 3. The number of hydrogen-bond donors (Lipinski definition) is 0. The molecule has 0 unspecified atom stereocenters. The van der Waals surface area contributed by atoms with Gasteiger partial charge < -0.3 is 9.64 Å². The molecule has 12 heteroatoms. The molecular formula is C32H30F4N4O3S. The van der Waals surface area contributed by atoms with Crippen LogP contribution in [0.2, 0.25) is 0 Å². The van der Waals surface area contributed by atoms with E-state index < -0.39 is 23.2 Å². The van der Waals surface area contributed by atoms with Gasteiger partial charge in [-0.15, -0.1) is 11.3 Å². The van der Waals surface area contributed by atoms with Crippen LogP contribution in [-0.4, -0.2) is 45.0 Å². The largest absolute Gasteiger partial charge is 0.492 e. The van der Waals surface area contributed by atoms with Crippen LogP contribution >= 0.6 is 11.3 Å². The highest BCUT2D eigenvalue weighted by atomic mass is 32.1. The number of halogens is 4. The monoisotopic (exact) mass is 626 g/mol. The summed E-state index contributed by atoms with van der Waals surface area (Å²) in [7, 11) is 0. The molecule has 0 atom stereocenters. The minimum absolute atomic E-state index is 0.0825. The maximum absolute atomic E-state index is 14.7. The van der Waals surface area contributed by atoms with Crippen molar-refractivity contribution in [3.8, 4) is 33.3 Å². The quantitative estimate of drug-likeness (QED) is 0.197. The predicted molar refractivity (Wildman–Crippen MR) is 162 cm³/mol. The van der Waals surface area contributed by atoms with Crippen LogP contribution < -0.4 is 10.3 Å². The van der Waals surface area contributed by atoms with Crippen molar-refractivity contribution in [2.24, 2.45) is 0 Å². The molecular weight excluding hydrogens is 596 g/mol. The van der Waals surface area contributed by atoms with Crippen molar-refractivity contribution in [3.05, 3.63) is 86.7 Å². The Morgan fingerprint density at radius 2 is 1.84 bits per heavy atom. The second kappa shape index (κ2) is 12.7. The molecule has 1 amide bonds. The first-order valence-electron chi connectivity index (χ1n) is 14.1. The summed E-state index contributed by atoms with van der Waals surface area (Å²) in [4.78, 5) is 38.2. The smallest absolute Gasteiger partial charge is 0.433 e. The van der Waals surface area contributed by atoms with Gasteiger partial charge in [-0.25, -0.2) is 9.37 Å². The fraction of sp³-hybridized carbons (Fsp3) is 0.312. The molecule has 0 bridgehead atoms. The minimum atomic E-state index is -4.58. The number of hydrogen-bond acceptors (Lipinski definition) is 6. The minimum Gasteiger partial charge on any atom is -0.492 e. The van der Waals surface area contributed by atoms with Crippen molar-refractivity contribution in [1.29, 1.82) is 0 Å². The summed E-state index contributed by atoms with van der Waals surface area (Å²) in [6.07, 6.45) is 0.918. The number of pyridine rings is 2. The zero-order valence-electron chi connectivity index (χ0n) is 24.4. The number of carbonyl (C=O) groups excluding carboxylic acids is 1. The van der Waals surface area contributed by atoms with Gasteiger partial charge in [0.2, 0.25) is 0 Å². The van der Waals surface area contributed by atoms with Gasteiger partial charge in [0.25, 0.3) is 11.5 Å². The van der Waals surface area contributed by atoms with E-state index in [0.717, 1.165) is 48.4 Å². The van der Waals surface area contributed by atoms with Gasteiger partial charge in [-0.3, -0.25) is 19.1 Å². The summed E-state index contributed by atoms with van der Waals surface area (Å²) in [6, 6.07) is 7.49. The number of thiazole rings is 1. The molecule has 1 fully saturated rings. The van der Waals surface area contributed by atoms with Crippen LogP contribution in [0.25, 0.3) is 33.6 Å². The number of likely N-dealkylation sites (tertiary alicyclic amines) is 1. The molecule has 0 aliphatic carbocycles. The average Bonchev–Trinajstić information content (AvgIpc) is 3.48. The molecule has 0 radical (unpaired) electrons. The van der Waals surface area contributed by atoms with E-state index in [1.165, 1.54) is 34.9 Å². The normalized spacial score (nSPS) is 13.6. The maximum Gasteiger partial charge on any atom is 0.433 e. The molecule has 5 rings (SSSR count). The Kier molecular flexibility index (Phi) is 9.00. The molecule has 230 valence electrons. The second-order valence-corrected chi connectivity index (χ2v) is 11.4. The van der Waals surface area contributed by atoms with Gasteiger partial charge in [0.05, 0.1) is 34.8 Å². The lowest BCUT2D eigenvalue weighted by Crippen LogP contribution is -2.37. The Morgan fingerprint density at radius 3 is 2.48 bits per heavy atom. The van der Waals surface area contributed by atoms with Gasteiger partial charge in [-0.05, 0) is 76.4 Å². The number of rotatable bonds is 7. The van der Waals surface area contributed by atoms with Crippen molar-refractivity contribution < 1.29 is 27.1 Å². The van der Waals surface area contributed by atoms with Crippen molar-refractivity contribution in [2.45, 2.75) is 46.2 Å². The van der Waals surface area contributed by atoms with Crippen LogP contribution in [0.3, 0.4) is 0 Å². The topological polar surface area (TPSA) is 77.3 Å². The highest BCUT2D eigenvalue weighted by molar-refractivity contribution is 7.13. The molecule has 44 heavy (non-hydrogen) atoms. The highest BCUT2D eigenvalue weighted by Crippen LogP contribution is 2.33. The zero-order valence-corrected chi connectivity index (χ0v) is 25.2. The van der Waals surface area contributed by atoms with E-state index in [2.05, 4.69) is 9.97 Å². The first-order chi connectivity index (χ1) is 21.0. The predicted octanol–water partition coefficient (Wildman–Crippen LogP) is 7.63. The van der Waals surface area contributed by atoms with Crippen LogP contribution in [0.5, 0.6) is 5.75 Å². The molecule has 4 heterocycles. The lowest BCUT2D eigenvalue weighted by molar-refractivity contribution is -0.141. The highest BCUT2D eigenvalue weighted by Gasteiger charge is 2.32. The molecule has 7 nitrogen and oxygen atoms in total.